The second kappa shape index (κ2) is 7.80. The molecule has 128 valence electrons. The van der Waals surface area contributed by atoms with Gasteiger partial charge in [0.05, 0.1) is 0 Å². The third-order valence-corrected chi connectivity index (χ3v) is 2.83. The Balaban J connectivity index is 2.56. The second-order valence-electron chi connectivity index (χ2n) is 6.33. The summed E-state index contributed by atoms with van der Waals surface area (Å²) in [5, 5.41) is 5.43. The van der Waals surface area contributed by atoms with Gasteiger partial charge in [-0.15, -0.1) is 0 Å². The maximum atomic E-state index is 13.4. The van der Waals surface area contributed by atoms with E-state index in [0.717, 1.165) is 5.56 Å². The van der Waals surface area contributed by atoms with Gasteiger partial charge < -0.3 is 21.1 Å². The maximum Gasteiger partial charge on any atom is 0.407 e. The Bertz CT molecular complexity index is 550. The van der Waals surface area contributed by atoms with E-state index in [9.17, 15) is 14.0 Å². The van der Waals surface area contributed by atoms with Crippen molar-refractivity contribution in [1.29, 1.82) is 0 Å². The molecule has 0 bridgehead atoms. The van der Waals surface area contributed by atoms with Crippen LogP contribution in [0.3, 0.4) is 0 Å². The molecule has 0 radical (unpaired) electrons. The van der Waals surface area contributed by atoms with Crippen LogP contribution in [0.25, 0.3) is 0 Å². The van der Waals surface area contributed by atoms with Crippen molar-refractivity contribution in [3.63, 3.8) is 0 Å². The topological polar surface area (TPSA) is 93.4 Å². The van der Waals surface area contributed by atoms with Crippen LogP contribution >= 0.6 is 0 Å². The van der Waals surface area contributed by atoms with E-state index in [-0.39, 0.29) is 13.0 Å². The van der Waals surface area contributed by atoms with E-state index in [4.69, 9.17) is 10.5 Å². The van der Waals surface area contributed by atoms with Gasteiger partial charge in [-0.3, -0.25) is 4.79 Å². The highest BCUT2D eigenvalue weighted by Gasteiger charge is 2.18. The number of benzene rings is 1. The highest BCUT2D eigenvalue weighted by molar-refractivity contribution is 5.83. The molecule has 1 aromatic carbocycles. The van der Waals surface area contributed by atoms with E-state index >= 15 is 0 Å². The molecular formula is C16H24FN3O3. The lowest BCUT2D eigenvalue weighted by Crippen LogP contribution is -2.40. The third-order valence-electron chi connectivity index (χ3n) is 2.83. The average Bonchev–Trinajstić information content (AvgIpc) is 2.33. The summed E-state index contributed by atoms with van der Waals surface area (Å²) in [5.41, 5.74) is 5.93. The number of primary amides is 1. The van der Waals surface area contributed by atoms with Gasteiger partial charge in [0.25, 0.3) is 0 Å². The van der Waals surface area contributed by atoms with Crippen LogP contribution in [0.1, 0.15) is 32.8 Å². The standard InChI is InChI=1S/C16H24FN3O3/c1-10-7-11(17)9-12(8-10)20-13(14(18)21)5-6-19-15(22)23-16(2,3)4/h7-9,13,20H,5-6H2,1-4H3,(H2,18,21)(H,19,22). The minimum Gasteiger partial charge on any atom is -0.444 e. The molecular weight excluding hydrogens is 301 g/mol. The first-order chi connectivity index (χ1) is 10.6. The van der Waals surface area contributed by atoms with Gasteiger partial charge in [-0.2, -0.15) is 0 Å². The first kappa shape index (κ1) is 18.7. The molecule has 0 saturated carbocycles. The van der Waals surface area contributed by atoms with E-state index in [1.54, 1.807) is 33.8 Å². The van der Waals surface area contributed by atoms with Gasteiger partial charge in [0.2, 0.25) is 5.91 Å². The largest absolute Gasteiger partial charge is 0.444 e. The first-order valence-corrected chi connectivity index (χ1v) is 7.37. The van der Waals surface area contributed by atoms with E-state index < -0.39 is 29.5 Å². The van der Waals surface area contributed by atoms with Crippen molar-refractivity contribution in [1.82, 2.24) is 5.32 Å². The monoisotopic (exact) mass is 325 g/mol. The molecule has 1 unspecified atom stereocenters. The third kappa shape index (κ3) is 7.49. The van der Waals surface area contributed by atoms with Gasteiger partial charge in [-0.1, -0.05) is 0 Å². The molecule has 6 nitrogen and oxygen atoms in total. The molecule has 0 aliphatic heterocycles. The Labute approximate surface area is 135 Å². The van der Waals surface area contributed by atoms with Crippen molar-refractivity contribution >= 4 is 17.7 Å². The molecule has 0 saturated heterocycles. The van der Waals surface area contributed by atoms with Crippen LogP contribution in [0.5, 0.6) is 0 Å². The number of nitrogens with two attached hydrogens (primary N) is 1. The van der Waals surface area contributed by atoms with E-state index in [1.165, 1.54) is 12.1 Å². The number of halogens is 1. The Kier molecular flexibility index (Phi) is 6.36. The van der Waals surface area contributed by atoms with Crippen LogP contribution in [-0.4, -0.2) is 30.2 Å². The summed E-state index contributed by atoms with van der Waals surface area (Å²) in [6, 6.07) is 3.64. The molecule has 2 amide bonds. The minimum atomic E-state index is -0.730. The number of ether oxygens (including phenoxy) is 1. The van der Waals surface area contributed by atoms with Crippen LogP contribution in [0.2, 0.25) is 0 Å². The number of hydrogen-bond donors (Lipinski definition) is 3. The van der Waals surface area contributed by atoms with Gasteiger partial charge in [-0.05, 0) is 57.9 Å². The van der Waals surface area contributed by atoms with Crippen LogP contribution < -0.4 is 16.4 Å². The van der Waals surface area contributed by atoms with Crippen molar-refractivity contribution in [2.75, 3.05) is 11.9 Å². The number of hydrogen-bond acceptors (Lipinski definition) is 4. The fourth-order valence-electron chi connectivity index (χ4n) is 1.94. The number of anilines is 1. The predicted molar refractivity (Wildman–Crippen MR) is 86.6 cm³/mol. The number of carbonyl (C=O) groups is 2. The van der Waals surface area contributed by atoms with Crippen molar-refractivity contribution in [2.45, 2.75) is 45.8 Å². The molecule has 0 aliphatic rings. The Morgan fingerprint density at radius 1 is 1.30 bits per heavy atom. The summed E-state index contributed by atoms with van der Waals surface area (Å²) in [7, 11) is 0. The molecule has 0 fully saturated rings. The highest BCUT2D eigenvalue weighted by atomic mass is 19.1. The van der Waals surface area contributed by atoms with Gasteiger partial charge >= 0.3 is 6.09 Å². The van der Waals surface area contributed by atoms with Gasteiger partial charge in [0.15, 0.2) is 0 Å². The number of nitrogens with one attached hydrogen (secondary N) is 2. The molecule has 23 heavy (non-hydrogen) atoms. The number of amides is 2. The van der Waals surface area contributed by atoms with Gasteiger partial charge in [0.1, 0.15) is 17.5 Å². The zero-order chi connectivity index (χ0) is 17.6. The second-order valence-corrected chi connectivity index (χ2v) is 6.33. The highest BCUT2D eigenvalue weighted by Crippen LogP contribution is 2.15. The zero-order valence-corrected chi connectivity index (χ0v) is 13.9. The minimum absolute atomic E-state index is 0.198. The van der Waals surface area contributed by atoms with Gasteiger partial charge in [-0.25, -0.2) is 9.18 Å². The van der Waals surface area contributed by atoms with Crippen LogP contribution in [0.15, 0.2) is 18.2 Å². The normalized spacial score (nSPS) is 12.4. The quantitative estimate of drug-likeness (QED) is 0.748. The number of aryl methyl sites for hydroxylation is 1. The lowest BCUT2D eigenvalue weighted by molar-refractivity contribution is -0.118. The predicted octanol–water partition coefficient (Wildman–Crippen LogP) is 2.31. The fourth-order valence-corrected chi connectivity index (χ4v) is 1.94. The number of rotatable bonds is 6. The lowest BCUT2D eigenvalue weighted by Gasteiger charge is -2.21. The summed E-state index contributed by atoms with van der Waals surface area (Å²) in [6.07, 6.45) is -0.313. The Morgan fingerprint density at radius 3 is 2.48 bits per heavy atom. The lowest BCUT2D eigenvalue weighted by atomic mass is 10.1. The Morgan fingerprint density at radius 2 is 1.96 bits per heavy atom. The van der Waals surface area contributed by atoms with Crippen LogP contribution in [-0.2, 0) is 9.53 Å². The number of carbonyl (C=O) groups excluding carboxylic acids is 2. The van der Waals surface area contributed by atoms with Crippen molar-refractivity contribution < 1.29 is 18.7 Å². The van der Waals surface area contributed by atoms with Gasteiger partial charge in [0, 0.05) is 12.2 Å². The summed E-state index contributed by atoms with van der Waals surface area (Å²) < 4.78 is 18.5. The van der Waals surface area contributed by atoms with Crippen LogP contribution in [0, 0.1) is 12.7 Å². The van der Waals surface area contributed by atoms with Crippen molar-refractivity contribution in [3.05, 3.63) is 29.6 Å². The zero-order valence-electron chi connectivity index (χ0n) is 13.9. The molecule has 0 aliphatic carbocycles. The Hall–Kier alpha value is -2.31. The average molecular weight is 325 g/mol. The summed E-state index contributed by atoms with van der Waals surface area (Å²) >= 11 is 0. The maximum absolute atomic E-state index is 13.4. The number of alkyl carbamates (subject to hydrolysis) is 1. The van der Waals surface area contributed by atoms with Crippen molar-refractivity contribution in [2.24, 2.45) is 5.73 Å². The van der Waals surface area contributed by atoms with Crippen molar-refractivity contribution in [3.8, 4) is 0 Å². The van der Waals surface area contributed by atoms with E-state index in [1.807, 2.05) is 0 Å². The molecule has 1 rings (SSSR count). The molecule has 7 heteroatoms. The molecule has 0 heterocycles. The molecule has 4 N–H and O–H groups in total. The SMILES string of the molecule is Cc1cc(F)cc(NC(CCNC(=O)OC(C)(C)C)C(N)=O)c1. The fraction of sp³-hybridized carbons (Fsp3) is 0.500. The molecule has 1 aromatic rings. The smallest absolute Gasteiger partial charge is 0.407 e. The summed E-state index contributed by atoms with van der Waals surface area (Å²) in [4.78, 5) is 23.0. The first-order valence-electron chi connectivity index (χ1n) is 7.37. The summed E-state index contributed by atoms with van der Waals surface area (Å²) in [5.74, 6) is -0.986. The molecule has 0 aromatic heterocycles. The molecule has 1 atom stereocenters. The van der Waals surface area contributed by atoms with E-state index in [2.05, 4.69) is 10.6 Å². The van der Waals surface area contributed by atoms with E-state index in [0.29, 0.717) is 5.69 Å². The summed E-state index contributed by atoms with van der Waals surface area (Å²) in [6.45, 7) is 7.22. The van der Waals surface area contributed by atoms with Crippen LogP contribution in [0.4, 0.5) is 14.9 Å². The molecule has 0 spiro atoms.